The van der Waals surface area contributed by atoms with Crippen molar-refractivity contribution in [2.75, 3.05) is 12.4 Å². The van der Waals surface area contributed by atoms with Crippen molar-refractivity contribution in [3.05, 3.63) is 27.8 Å². The average Bonchev–Trinajstić information content (AvgIpc) is 2.75. The van der Waals surface area contributed by atoms with Crippen LogP contribution in [0.4, 0.5) is 5.95 Å². The highest BCUT2D eigenvalue weighted by Gasteiger charge is 2.11. The zero-order valence-electron chi connectivity index (χ0n) is 10.9. The molecular weight excluding hydrogens is 248 g/mol. The molecule has 0 aliphatic carbocycles. The van der Waals surface area contributed by atoms with Gasteiger partial charge in [-0.1, -0.05) is 0 Å². The summed E-state index contributed by atoms with van der Waals surface area (Å²) in [5.74, 6) is 1.12. The van der Waals surface area contributed by atoms with E-state index in [1.165, 1.54) is 4.88 Å². The monoisotopic (exact) mass is 264 g/mol. The van der Waals surface area contributed by atoms with E-state index in [1.807, 2.05) is 27.0 Å². The van der Waals surface area contributed by atoms with Crippen molar-refractivity contribution in [2.24, 2.45) is 0 Å². The summed E-state index contributed by atoms with van der Waals surface area (Å²) in [5, 5.41) is 4.26. The van der Waals surface area contributed by atoms with Crippen molar-refractivity contribution in [1.29, 1.82) is 0 Å². The van der Waals surface area contributed by atoms with Gasteiger partial charge in [0.2, 0.25) is 11.8 Å². The van der Waals surface area contributed by atoms with Gasteiger partial charge in [-0.3, -0.25) is 0 Å². The van der Waals surface area contributed by atoms with Gasteiger partial charge >= 0.3 is 0 Å². The fourth-order valence-corrected chi connectivity index (χ4v) is 2.31. The van der Waals surface area contributed by atoms with Gasteiger partial charge in [-0.25, -0.2) is 9.97 Å². The molecular formula is C12H16N4OS. The van der Waals surface area contributed by atoms with Crippen LogP contribution in [0.1, 0.15) is 28.5 Å². The van der Waals surface area contributed by atoms with E-state index in [0.717, 1.165) is 10.7 Å². The molecule has 0 aliphatic rings. The quantitative estimate of drug-likeness (QED) is 0.920. The van der Waals surface area contributed by atoms with Crippen LogP contribution < -0.4 is 10.1 Å². The van der Waals surface area contributed by atoms with Gasteiger partial charge in [-0.2, -0.15) is 4.98 Å². The van der Waals surface area contributed by atoms with Crippen molar-refractivity contribution in [3.8, 4) is 5.88 Å². The largest absolute Gasteiger partial charge is 0.481 e. The summed E-state index contributed by atoms with van der Waals surface area (Å²) >= 11 is 1.67. The SMILES string of the molecule is COc1cc(C)nc(NC(C)c2ncc(C)s2)n1. The zero-order chi connectivity index (χ0) is 13.1. The molecule has 2 aromatic rings. The molecule has 96 valence electrons. The zero-order valence-corrected chi connectivity index (χ0v) is 11.7. The van der Waals surface area contributed by atoms with Crippen molar-refractivity contribution < 1.29 is 4.74 Å². The average molecular weight is 264 g/mol. The Balaban J connectivity index is 2.16. The van der Waals surface area contributed by atoms with Gasteiger partial charge in [-0.05, 0) is 20.8 Å². The fraction of sp³-hybridized carbons (Fsp3) is 0.417. The first kappa shape index (κ1) is 12.8. The topological polar surface area (TPSA) is 59.9 Å². The summed E-state index contributed by atoms with van der Waals surface area (Å²) in [6.45, 7) is 5.99. The number of thiazole rings is 1. The third-order valence-electron chi connectivity index (χ3n) is 2.40. The van der Waals surface area contributed by atoms with Crippen LogP contribution in [0, 0.1) is 13.8 Å². The van der Waals surface area contributed by atoms with Crippen molar-refractivity contribution in [2.45, 2.75) is 26.8 Å². The third-order valence-corrected chi connectivity index (χ3v) is 3.49. The van der Waals surface area contributed by atoms with E-state index < -0.39 is 0 Å². The summed E-state index contributed by atoms with van der Waals surface area (Å²) in [5.41, 5.74) is 0.867. The molecule has 0 saturated heterocycles. The Labute approximate surface area is 110 Å². The van der Waals surface area contributed by atoms with Crippen LogP contribution in [0.2, 0.25) is 0 Å². The van der Waals surface area contributed by atoms with Crippen molar-refractivity contribution in [3.63, 3.8) is 0 Å². The van der Waals surface area contributed by atoms with E-state index in [0.29, 0.717) is 11.8 Å². The van der Waals surface area contributed by atoms with E-state index in [4.69, 9.17) is 4.74 Å². The van der Waals surface area contributed by atoms with Gasteiger partial charge < -0.3 is 10.1 Å². The fourth-order valence-electron chi connectivity index (χ4n) is 1.54. The van der Waals surface area contributed by atoms with Crippen LogP contribution in [-0.4, -0.2) is 22.1 Å². The second-order valence-electron chi connectivity index (χ2n) is 4.05. The van der Waals surface area contributed by atoms with Gasteiger partial charge in [0.1, 0.15) is 5.01 Å². The Morgan fingerprint density at radius 3 is 2.72 bits per heavy atom. The van der Waals surface area contributed by atoms with Crippen LogP contribution in [-0.2, 0) is 0 Å². The number of hydrogen-bond donors (Lipinski definition) is 1. The van der Waals surface area contributed by atoms with E-state index in [-0.39, 0.29) is 6.04 Å². The molecule has 0 saturated carbocycles. The minimum Gasteiger partial charge on any atom is -0.481 e. The highest BCUT2D eigenvalue weighted by molar-refractivity contribution is 7.11. The number of anilines is 1. The number of nitrogens with zero attached hydrogens (tertiary/aromatic N) is 3. The normalized spacial score (nSPS) is 12.2. The number of rotatable bonds is 4. The minimum absolute atomic E-state index is 0.0789. The smallest absolute Gasteiger partial charge is 0.226 e. The molecule has 6 heteroatoms. The van der Waals surface area contributed by atoms with Gasteiger partial charge in [0, 0.05) is 22.8 Å². The van der Waals surface area contributed by atoms with Crippen molar-refractivity contribution >= 4 is 17.3 Å². The molecule has 18 heavy (non-hydrogen) atoms. The molecule has 0 fully saturated rings. The number of aryl methyl sites for hydroxylation is 2. The molecule has 1 N–H and O–H groups in total. The molecule has 2 aromatic heterocycles. The number of hydrogen-bond acceptors (Lipinski definition) is 6. The summed E-state index contributed by atoms with van der Waals surface area (Å²) < 4.78 is 5.12. The van der Waals surface area contributed by atoms with Gasteiger partial charge in [0.15, 0.2) is 0 Å². The molecule has 0 amide bonds. The highest BCUT2D eigenvalue weighted by atomic mass is 32.1. The summed E-state index contributed by atoms with van der Waals surface area (Å²) in [6.07, 6.45) is 1.87. The molecule has 1 unspecified atom stereocenters. The van der Waals surface area contributed by atoms with Crippen LogP contribution in [0.25, 0.3) is 0 Å². The molecule has 1 atom stereocenters. The number of ether oxygens (including phenoxy) is 1. The van der Waals surface area contributed by atoms with Gasteiger partial charge in [0.05, 0.1) is 13.2 Å². The van der Waals surface area contributed by atoms with E-state index >= 15 is 0 Å². The molecule has 0 radical (unpaired) electrons. The lowest BCUT2D eigenvalue weighted by molar-refractivity contribution is 0.397. The first-order valence-electron chi connectivity index (χ1n) is 5.67. The number of methoxy groups -OCH3 is 1. The second kappa shape index (κ2) is 5.30. The standard InChI is InChI=1S/C12H16N4OS/c1-7-5-10(17-4)16-12(14-7)15-9(3)11-13-6-8(2)18-11/h5-6,9H,1-4H3,(H,14,15,16). The van der Waals surface area contributed by atoms with Crippen molar-refractivity contribution in [1.82, 2.24) is 15.0 Å². The minimum atomic E-state index is 0.0789. The highest BCUT2D eigenvalue weighted by Crippen LogP contribution is 2.22. The van der Waals surface area contributed by atoms with Crippen LogP contribution in [0.5, 0.6) is 5.88 Å². The maximum Gasteiger partial charge on any atom is 0.226 e. The van der Waals surface area contributed by atoms with Gasteiger partial charge in [-0.15, -0.1) is 11.3 Å². The Morgan fingerprint density at radius 2 is 2.11 bits per heavy atom. The lowest BCUT2D eigenvalue weighted by atomic mass is 10.3. The Morgan fingerprint density at radius 1 is 1.33 bits per heavy atom. The predicted molar refractivity (Wildman–Crippen MR) is 72.2 cm³/mol. The lowest BCUT2D eigenvalue weighted by Crippen LogP contribution is -2.10. The molecule has 0 bridgehead atoms. The molecule has 2 rings (SSSR count). The summed E-state index contributed by atoms with van der Waals surface area (Å²) in [4.78, 5) is 14.1. The van der Waals surface area contributed by atoms with Crippen LogP contribution >= 0.6 is 11.3 Å². The third kappa shape index (κ3) is 2.95. The number of aromatic nitrogens is 3. The molecule has 5 nitrogen and oxygen atoms in total. The first-order chi connectivity index (χ1) is 8.58. The Hall–Kier alpha value is -1.69. The van der Waals surface area contributed by atoms with Crippen LogP contribution in [0.3, 0.4) is 0 Å². The van der Waals surface area contributed by atoms with Crippen LogP contribution in [0.15, 0.2) is 12.3 Å². The predicted octanol–water partition coefficient (Wildman–Crippen LogP) is 2.73. The summed E-state index contributed by atoms with van der Waals surface area (Å²) in [6, 6.07) is 1.87. The lowest BCUT2D eigenvalue weighted by Gasteiger charge is -2.12. The molecule has 0 spiro atoms. The van der Waals surface area contributed by atoms with E-state index in [2.05, 4.69) is 20.3 Å². The first-order valence-corrected chi connectivity index (χ1v) is 6.48. The maximum absolute atomic E-state index is 5.12. The van der Waals surface area contributed by atoms with Gasteiger partial charge in [0.25, 0.3) is 0 Å². The Kier molecular flexibility index (Phi) is 3.76. The summed E-state index contributed by atoms with van der Waals surface area (Å²) in [7, 11) is 1.60. The molecule has 0 aromatic carbocycles. The molecule has 2 heterocycles. The van der Waals surface area contributed by atoms with E-state index in [1.54, 1.807) is 24.5 Å². The molecule has 0 aliphatic heterocycles. The Bertz CT molecular complexity index is 541. The number of nitrogens with one attached hydrogen (secondary N) is 1. The maximum atomic E-state index is 5.12. The second-order valence-corrected chi connectivity index (χ2v) is 5.32. The van der Waals surface area contributed by atoms with E-state index in [9.17, 15) is 0 Å².